The predicted octanol–water partition coefficient (Wildman–Crippen LogP) is 2.17. The van der Waals surface area contributed by atoms with E-state index in [-0.39, 0.29) is 0 Å². The zero-order valence-electron chi connectivity index (χ0n) is 11.1. The third-order valence-electron chi connectivity index (χ3n) is 2.50. The van der Waals surface area contributed by atoms with Crippen molar-refractivity contribution >= 4 is 0 Å². The van der Waals surface area contributed by atoms with E-state index in [2.05, 4.69) is 0 Å². The van der Waals surface area contributed by atoms with Crippen molar-refractivity contribution in [1.29, 1.82) is 0 Å². The summed E-state index contributed by atoms with van der Waals surface area (Å²) >= 11 is 0. The maximum Gasteiger partial charge on any atom is 0.119 e. The molecule has 1 N–H and O–H groups in total. The smallest absolute Gasteiger partial charge is 0.119 e. The summed E-state index contributed by atoms with van der Waals surface area (Å²) in [6, 6.07) is 7.43. The molecular formula is C14H22O4. The lowest BCUT2D eigenvalue weighted by Crippen LogP contribution is -2.08. The van der Waals surface area contributed by atoms with Crippen LogP contribution < -0.4 is 4.74 Å². The third-order valence-corrected chi connectivity index (χ3v) is 2.50. The molecule has 0 bridgehead atoms. The van der Waals surface area contributed by atoms with Crippen LogP contribution in [0.25, 0.3) is 0 Å². The number of ether oxygens (including phenoxy) is 3. The topological polar surface area (TPSA) is 47.9 Å². The average molecular weight is 254 g/mol. The Balaban J connectivity index is 2.12. The van der Waals surface area contributed by atoms with Crippen LogP contribution >= 0.6 is 0 Å². The van der Waals surface area contributed by atoms with Crippen molar-refractivity contribution in [3.63, 3.8) is 0 Å². The molecule has 0 spiro atoms. The van der Waals surface area contributed by atoms with Crippen LogP contribution in [0.2, 0.25) is 0 Å². The lowest BCUT2D eigenvalue weighted by Gasteiger charge is -2.09. The number of hydrogen-bond donors (Lipinski definition) is 1. The lowest BCUT2D eigenvalue weighted by molar-refractivity contribution is 0.0806. The molecule has 1 rings (SSSR count). The Labute approximate surface area is 108 Å². The zero-order valence-corrected chi connectivity index (χ0v) is 11.1. The van der Waals surface area contributed by atoms with E-state index in [1.54, 1.807) is 14.0 Å². The Bertz CT molecular complexity index is 308. The van der Waals surface area contributed by atoms with Crippen molar-refractivity contribution in [2.45, 2.75) is 19.4 Å². The molecule has 0 aliphatic heterocycles. The monoisotopic (exact) mass is 254 g/mol. The van der Waals surface area contributed by atoms with Gasteiger partial charge in [-0.2, -0.15) is 0 Å². The highest BCUT2D eigenvalue weighted by atomic mass is 16.5. The van der Waals surface area contributed by atoms with Crippen LogP contribution in [0.3, 0.4) is 0 Å². The second kappa shape index (κ2) is 8.91. The Hall–Kier alpha value is -1.10. The first kappa shape index (κ1) is 15.0. The number of aliphatic hydroxyl groups is 1. The van der Waals surface area contributed by atoms with Crippen LogP contribution in [0.5, 0.6) is 5.75 Å². The molecule has 0 amide bonds. The van der Waals surface area contributed by atoms with Gasteiger partial charge in [0.2, 0.25) is 0 Å². The first-order chi connectivity index (χ1) is 8.74. The van der Waals surface area contributed by atoms with Gasteiger partial charge in [-0.3, -0.25) is 0 Å². The normalized spacial score (nSPS) is 12.4. The van der Waals surface area contributed by atoms with Gasteiger partial charge in [-0.05, 0) is 31.0 Å². The quantitative estimate of drug-likeness (QED) is 0.686. The molecule has 0 heterocycles. The van der Waals surface area contributed by atoms with Crippen molar-refractivity contribution in [2.75, 3.05) is 33.5 Å². The highest BCUT2D eigenvalue weighted by molar-refractivity contribution is 5.28. The van der Waals surface area contributed by atoms with Crippen LogP contribution in [-0.2, 0) is 9.47 Å². The molecule has 0 saturated heterocycles. The van der Waals surface area contributed by atoms with Crippen molar-refractivity contribution < 1.29 is 19.3 Å². The Kier molecular flexibility index (Phi) is 7.41. The first-order valence-electron chi connectivity index (χ1n) is 6.21. The summed E-state index contributed by atoms with van der Waals surface area (Å²) in [5.74, 6) is 0.792. The van der Waals surface area contributed by atoms with Gasteiger partial charge in [-0.15, -0.1) is 0 Å². The first-order valence-corrected chi connectivity index (χ1v) is 6.21. The third kappa shape index (κ3) is 6.00. The number of hydrogen-bond acceptors (Lipinski definition) is 4. The van der Waals surface area contributed by atoms with Gasteiger partial charge in [-0.25, -0.2) is 0 Å². The summed E-state index contributed by atoms with van der Waals surface area (Å²) in [6.45, 7) is 4.26. The highest BCUT2D eigenvalue weighted by Crippen LogP contribution is 2.16. The van der Waals surface area contributed by atoms with Gasteiger partial charge in [0.05, 0.1) is 12.7 Å². The van der Waals surface area contributed by atoms with E-state index >= 15 is 0 Å². The summed E-state index contributed by atoms with van der Waals surface area (Å²) < 4.78 is 15.8. The lowest BCUT2D eigenvalue weighted by atomic mass is 10.1. The van der Waals surface area contributed by atoms with E-state index in [0.29, 0.717) is 19.8 Å². The predicted molar refractivity (Wildman–Crippen MR) is 69.9 cm³/mol. The van der Waals surface area contributed by atoms with E-state index in [0.717, 1.165) is 24.3 Å². The summed E-state index contributed by atoms with van der Waals surface area (Å²) in [6.07, 6.45) is 0.461. The van der Waals surface area contributed by atoms with E-state index in [1.165, 1.54) is 0 Å². The fourth-order valence-electron chi connectivity index (χ4n) is 1.47. The van der Waals surface area contributed by atoms with E-state index in [1.807, 2.05) is 24.3 Å². The maximum atomic E-state index is 9.36. The highest BCUT2D eigenvalue weighted by Gasteiger charge is 2.00. The SMILES string of the molecule is COCCCOCCOc1ccc([C@@H](C)O)cc1. The molecule has 0 fully saturated rings. The van der Waals surface area contributed by atoms with Crippen LogP contribution in [-0.4, -0.2) is 38.6 Å². The number of aliphatic hydroxyl groups excluding tert-OH is 1. The van der Waals surface area contributed by atoms with Crippen molar-refractivity contribution in [3.8, 4) is 5.75 Å². The van der Waals surface area contributed by atoms with E-state index in [9.17, 15) is 5.11 Å². The van der Waals surface area contributed by atoms with Gasteiger partial charge in [0.25, 0.3) is 0 Å². The van der Waals surface area contributed by atoms with Gasteiger partial charge >= 0.3 is 0 Å². The standard InChI is InChI=1S/C14H22O4/c1-12(15)13-4-6-14(7-5-13)18-11-10-17-9-3-8-16-2/h4-7,12,15H,3,8-11H2,1-2H3/t12-/m1/s1. The van der Waals surface area contributed by atoms with Gasteiger partial charge < -0.3 is 19.3 Å². The van der Waals surface area contributed by atoms with Gasteiger partial charge in [0, 0.05) is 20.3 Å². The Morgan fingerprint density at radius 2 is 1.78 bits per heavy atom. The Morgan fingerprint density at radius 1 is 1.06 bits per heavy atom. The molecule has 102 valence electrons. The minimum Gasteiger partial charge on any atom is -0.491 e. The fraction of sp³-hybridized carbons (Fsp3) is 0.571. The largest absolute Gasteiger partial charge is 0.491 e. The van der Waals surface area contributed by atoms with Gasteiger partial charge in [-0.1, -0.05) is 12.1 Å². The molecular weight excluding hydrogens is 232 g/mol. The molecule has 0 aromatic heterocycles. The molecule has 1 aromatic rings. The summed E-state index contributed by atoms with van der Waals surface area (Å²) in [5.41, 5.74) is 0.887. The molecule has 0 aliphatic rings. The minimum atomic E-state index is -0.442. The van der Waals surface area contributed by atoms with Crippen molar-refractivity contribution in [2.24, 2.45) is 0 Å². The molecule has 4 nitrogen and oxygen atoms in total. The number of methoxy groups -OCH3 is 1. The molecule has 0 unspecified atom stereocenters. The summed E-state index contributed by atoms with van der Waals surface area (Å²) in [4.78, 5) is 0. The van der Waals surface area contributed by atoms with Crippen molar-refractivity contribution in [1.82, 2.24) is 0 Å². The van der Waals surface area contributed by atoms with Crippen LogP contribution in [0.15, 0.2) is 24.3 Å². The Morgan fingerprint density at radius 3 is 2.39 bits per heavy atom. The summed E-state index contributed by atoms with van der Waals surface area (Å²) in [7, 11) is 1.68. The molecule has 0 radical (unpaired) electrons. The van der Waals surface area contributed by atoms with Crippen LogP contribution in [0, 0.1) is 0 Å². The number of benzene rings is 1. The van der Waals surface area contributed by atoms with Crippen LogP contribution in [0.1, 0.15) is 25.0 Å². The average Bonchev–Trinajstić information content (AvgIpc) is 2.38. The molecule has 18 heavy (non-hydrogen) atoms. The second-order valence-electron chi connectivity index (χ2n) is 4.05. The second-order valence-corrected chi connectivity index (χ2v) is 4.05. The molecule has 1 atom stereocenters. The van der Waals surface area contributed by atoms with E-state index in [4.69, 9.17) is 14.2 Å². The zero-order chi connectivity index (χ0) is 13.2. The van der Waals surface area contributed by atoms with Crippen LogP contribution in [0.4, 0.5) is 0 Å². The van der Waals surface area contributed by atoms with Crippen molar-refractivity contribution in [3.05, 3.63) is 29.8 Å². The minimum absolute atomic E-state index is 0.442. The van der Waals surface area contributed by atoms with Gasteiger partial charge in [0.15, 0.2) is 0 Å². The molecule has 0 aliphatic carbocycles. The summed E-state index contributed by atoms with van der Waals surface area (Å²) in [5, 5.41) is 9.36. The fourth-order valence-corrected chi connectivity index (χ4v) is 1.47. The number of rotatable bonds is 9. The molecule has 0 saturated carbocycles. The molecule has 1 aromatic carbocycles. The molecule has 4 heteroatoms. The van der Waals surface area contributed by atoms with E-state index < -0.39 is 6.10 Å². The maximum absolute atomic E-state index is 9.36. The van der Waals surface area contributed by atoms with Gasteiger partial charge in [0.1, 0.15) is 12.4 Å².